The largest absolute Gasteiger partial charge is 0.352 e. The fraction of sp³-hybridized carbons (Fsp3) is 0.514. The number of nitrogens with zero attached hydrogens (tertiary/aromatic N) is 22. The topological polar surface area (TPSA) is 403 Å². The minimum absolute atomic E-state index is 0.0291. The van der Waals surface area contributed by atoms with Crippen LogP contribution < -0.4 is 73.7 Å². The second-order valence-corrected chi connectivity index (χ2v) is 42.0. The lowest BCUT2D eigenvalue weighted by molar-refractivity contribution is 0.0713. The highest BCUT2D eigenvalue weighted by Gasteiger charge is 2.38. The van der Waals surface area contributed by atoms with Crippen molar-refractivity contribution in [2.45, 2.75) is 280 Å². The highest BCUT2D eigenvalue weighted by molar-refractivity contribution is 6.03. The number of aromatic nitrogens is 16. The molecule has 12 aromatic rings. The molecule has 8 aliphatic rings. The standard InChI is InChI=1S/C29H39N7O2.3C26H33N7O2/c1-18(2)35-12-11-34(17-29(35,5)6)26-16-31-25(15-32-26)33-24-13-23-22(14-30-24)19(3)27(20(4)37)28(38)36(23)21-9-7-8-10-21;1-15-13-32(14-16(2)30-15)24-12-28-23(11-29-24)31-22-9-21-20(10-27-22)17(3)25(18(4)34)26(35)33(21)19-7-5-6-8-19;1-16-19-12-27-21(11-20(19)33(18-7-5-6-8-18)25(35)24(16)17(2)34)31-22-13-29-23(14-28-22)32-10-9-30-26(3,4)15-32;1-16-15-32(10-9-31(16)4)24-14-28-23(13-29-24)30-22-11-21-20(12-27-22)17(2)25(18(3)34)26(35)33(21)19-7-5-6-8-19/h13-16,18,21H,7-12,17H2,1-6H3,(H,30,31,33);9-12,15-16,19,30H,5-8,13-14H2,1-4H3,(H,27,28,31);11-14,18,30H,5-10,15H2,1-4H3,(H,27,28,31);11-14,16,19H,5-10,15H2,1-4H3,(H,27,28,30). The van der Waals surface area contributed by atoms with Crippen molar-refractivity contribution in [1.29, 1.82) is 0 Å². The van der Waals surface area contributed by atoms with Crippen molar-refractivity contribution in [2.24, 2.45) is 0 Å². The van der Waals surface area contributed by atoms with Gasteiger partial charge in [0.1, 0.15) is 69.8 Å². The van der Waals surface area contributed by atoms with Crippen LogP contribution in [0.2, 0.25) is 0 Å². The number of ketones is 4. The van der Waals surface area contributed by atoms with Crippen LogP contribution in [0.5, 0.6) is 0 Å². The molecule has 143 heavy (non-hydrogen) atoms. The summed E-state index contributed by atoms with van der Waals surface area (Å²) in [7, 11) is 2.14. The average Bonchev–Trinajstić information content (AvgIpc) is 1.63. The Morgan fingerprint density at radius 3 is 0.916 bits per heavy atom. The number of carbonyl (C=O) groups excluding carboxylic acids is 4. The summed E-state index contributed by atoms with van der Waals surface area (Å²) in [5.41, 5.74) is 6.33. The smallest absolute Gasteiger partial charge is 0.262 e. The summed E-state index contributed by atoms with van der Waals surface area (Å²) in [6, 6.07) is 9.72. The van der Waals surface area contributed by atoms with Crippen molar-refractivity contribution >= 4 is 137 Å². The molecule has 0 amide bonds. The third-order valence-electron chi connectivity index (χ3n) is 30.1. The van der Waals surface area contributed by atoms with Gasteiger partial charge in [0.15, 0.2) is 23.1 Å². The van der Waals surface area contributed by atoms with Crippen molar-refractivity contribution in [3.63, 3.8) is 0 Å². The van der Waals surface area contributed by atoms with Gasteiger partial charge in [-0.3, -0.25) is 43.3 Å². The van der Waals surface area contributed by atoms with Gasteiger partial charge in [-0.25, -0.2) is 59.8 Å². The molecule has 8 fully saturated rings. The number of hydrogen-bond acceptors (Lipinski definition) is 32. The Morgan fingerprint density at radius 2 is 0.643 bits per heavy atom. The molecule has 4 aliphatic heterocycles. The predicted molar refractivity (Wildman–Crippen MR) is 565 cm³/mol. The highest BCUT2D eigenvalue weighted by atomic mass is 16.2. The molecule has 0 aromatic carbocycles. The van der Waals surface area contributed by atoms with Crippen LogP contribution in [0.3, 0.4) is 0 Å². The number of piperazine rings is 4. The number of carbonyl (C=O) groups is 4. The molecular formula is C107H138N28O8. The van der Waals surface area contributed by atoms with Gasteiger partial charge in [-0.15, -0.1) is 0 Å². The zero-order chi connectivity index (χ0) is 101. The monoisotopic (exact) mass is 1940 g/mol. The first-order valence-electron chi connectivity index (χ1n) is 51.0. The Labute approximate surface area is 834 Å². The SMILES string of the molecule is CC(=O)c1c(C)c2cnc(Nc3cnc(N4CC(C)NC(C)C4)cn3)cc2n(C2CCCC2)c1=O.CC(=O)c1c(C)c2cnc(Nc3cnc(N4CCN(C(C)C)C(C)(C)C4)cn3)cc2n(C2CCCC2)c1=O.CC(=O)c1c(C)c2cnc(Nc3cnc(N4CCN(C)C(C)C4)cn3)cc2n(C2CCCC2)c1=O.CC(=O)c1c(C)c2cnc(Nc3cnc(N4CCNC(C)(C)C4)cn3)cc2n(C2CCCC2)c1=O. The van der Waals surface area contributed by atoms with Crippen molar-refractivity contribution in [2.75, 3.05) is 120 Å². The van der Waals surface area contributed by atoms with Gasteiger partial charge in [0.25, 0.3) is 22.2 Å². The predicted octanol–water partition coefficient (Wildman–Crippen LogP) is 16.0. The van der Waals surface area contributed by atoms with Crippen LogP contribution >= 0.6 is 0 Å². The molecule has 36 nitrogen and oxygen atoms in total. The number of anilines is 12. The molecule has 0 radical (unpaired) electrons. The molecule has 0 bridgehead atoms. The molecule has 36 heteroatoms. The van der Waals surface area contributed by atoms with E-state index in [9.17, 15) is 38.4 Å². The minimum Gasteiger partial charge on any atom is -0.352 e. The van der Waals surface area contributed by atoms with Crippen molar-refractivity contribution < 1.29 is 19.2 Å². The normalized spacial score (nSPS) is 19.3. The summed E-state index contributed by atoms with van der Waals surface area (Å²) < 4.78 is 7.29. The lowest BCUT2D eigenvalue weighted by atomic mass is 9.97. The Balaban J connectivity index is 0.000000131. The summed E-state index contributed by atoms with van der Waals surface area (Å²) in [4.78, 5) is 172. The van der Waals surface area contributed by atoms with Crippen molar-refractivity contribution in [3.8, 4) is 0 Å². The van der Waals surface area contributed by atoms with Crippen LogP contribution in [-0.2, 0) is 0 Å². The van der Waals surface area contributed by atoms with Crippen molar-refractivity contribution in [3.05, 3.63) is 185 Å². The summed E-state index contributed by atoms with van der Waals surface area (Å²) in [5, 5.41) is 23.3. The van der Waals surface area contributed by atoms with Gasteiger partial charge in [-0.2, -0.15) is 0 Å². The molecule has 4 aliphatic carbocycles. The van der Waals surface area contributed by atoms with E-state index in [1.54, 1.807) is 68.2 Å². The first kappa shape index (κ1) is 101. The quantitative estimate of drug-likeness (QED) is 0.0364. The Kier molecular flexibility index (Phi) is 30.2. The number of hydrogen-bond donors (Lipinski definition) is 6. The minimum atomic E-state index is -0.202. The number of nitrogens with one attached hydrogen (secondary N) is 6. The summed E-state index contributed by atoms with van der Waals surface area (Å²) in [5.74, 6) is 7.33. The van der Waals surface area contributed by atoms with Gasteiger partial charge in [-0.1, -0.05) is 51.4 Å². The number of rotatable bonds is 21. The van der Waals surface area contributed by atoms with E-state index in [0.717, 1.165) is 242 Å². The van der Waals surface area contributed by atoms with Crippen LogP contribution in [0.4, 0.5) is 69.8 Å². The van der Waals surface area contributed by atoms with E-state index >= 15 is 0 Å². The van der Waals surface area contributed by atoms with Crippen LogP contribution in [-0.4, -0.2) is 225 Å². The first-order valence-corrected chi connectivity index (χ1v) is 51.0. The Bertz CT molecular complexity index is 6830. The first-order chi connectivity index (χ1) is 68.4. The van der Waals surface area contributed by atoms with E-state index in [-0.39, 0.29) is 103 Å². The lowest BCUT2D eigenvalue weighted by Crippen LogP contribution is -2.61. The second kappa shape index (κ2) is 42.7. The number of Topliss-reactive ketones (excluding diaryl/α,β-unsaturated/α-hetero) is 4. The molecule has 12 aromatic heterocycles. The molecule has 6 N–H and O–H groups in total. The van der Waals surface area contributed by atoms with E-state index in [1.165, 1.54) is 27.7 Å². The molecule has 20 rings (SSSR count). The van der Waals surface area contributed by atoms with Crippen LogP contribution in [0.1, 0.15) is 281 Å². The maximum Gasteiger partial charge on any atom is 0.262 e. The number of aryl methyl sites for hydroxylation is 4. The average molecular weight is 1940 g/mol. The van der Waals surface area contributed by atoms with Gasteiger partial charge in [0.05, 0.1) is 93.9 Å². The van der Waals surface area contributed by atoms with Gasteiger partial charge in [0, 0.05) is 202 Å². The lowest BCUT2D eigenvalue weighted by Gasteiger charge is -2.49. The van der Waals surface area contributed by atoms with Gasteiger partial charge < -0.3 is 74.7 Å². The summed E-state index contributed by atoms with van der Waals surface area (Å²) >= 11 is 0. The molecule has 0 spiro atoms. The van der Waals surface area contributed by atoms with Crippen LogP contribution in [0.15, 0.2) is 118 Å². The van der Waals surface area contributed by atoms with E-state index in [4.69, 9.17) is 4.98 Å². The van der Waals surface area contributed by atoms with Gasteiger partial charge in [-0.05, 0) is 198 Å². The molecule has 3 unspecified atom stereocenters. The number of likely N-dealkylation sites (N-methyl/N-ethyl adjacent to an activating group) is 1. The third-order valence-corrected chi connectivity index (χ3v) is 30.1. The maximum absolute atomic E-state index is 13.5. The summed E-state index contributed by atoms with van der Waals surface area (Å²) in [6.07, 6.45) is 37.3. The fourth-order valence-corrected chi connectivity index (χ4v) is 23.0. The van der Waals surface area contributed by atoms with E-state index in [1.807, 2.05) is 76.4 Å². The Hall–Kier alpha value is -13.3. The van der Waals surface area contributed by atoms with Crippen LogP contribution in [0.25, 0.3) is 43.6 Å². The highest BCUT2D eigenvalue weighted by Crippen LogP contribution is 2.40. The maximum atomic E-state index is 13.5. The number of pyridine rings is 8. The zero-order valence-corrected chi connectivity index (χ0v) is 86.1. The van der Waals surface area contributed by atoms with Gasteiger partial charge >= 0.3 is 0 Å². The molecular weight excluding hydrogens is 1810 g/mol. The molecule has 4 saturated heterocycles. The van der Waals surface area contributed by atoms with Crippen molar-refractivity contribution in [1.82, 2.24) is 98.5 Å². The van der Waals surface area contributed by atoms with Gasteiger partial charge in [0.2, 0.25) is 0 Å². The fourth-order valence-electron chi connectivity index (χ4n) is 23.0. The van der Waals surface area contributed by atoms with E-state index < -0.39 is 0 Å². The third kappa shape index (κ3) is 21.8. The Morgan fingerprint density at radius 1 is 0.357 bits per heavy atom. The molecule has 16 heterocycles. The van der Waals surface area contributed by atoms with Crippen LogP contribution in [0, 0.1) is 27.7 Å². The zero-order valence-electron chi connectivity index (χ0n) is 86.1. The summed E-state index contributed by atoms with van der Waals surface area (Å²) in [6.45, 7) is 43.2. The molecule has 754 valence electrons. The second-order valence-electron chi connectivity index (χ2n) is 42.0. The van der Waals surface area contributed by atoms with E-state index in [2.05, 4.69) is 185 Å². The number of fused-ring (bicyclic) bond motifs is 4. The molecule has 3 atom stereocenters. The van der Waals surface area contributed by atoms with E-state index in [0.29, 0.717) is 93.0 Å². The molecule has 4 saturated carbocycles.